The fourth-order valence-electron chi connectivity index (χ4n) is 1.06. The number of allylic oxidation sites excluding steroid dienone is 1. The van der Waals surface area contributed by atoms with Crippen LogP contribution in [-0.4, -0.2) is 6.21 Å². The van der Waals surface area contributed by atoms with Crippen molar-refractivity contribution in [1.82, 2.24) is 0 Å². The fourth-order valence-corrected chi connectivity index (χ4v) is 1.06. The minimum absolute atomic E-state index is 0. The van der Waals surface area contributed by atoms with Gasteiger partial charge in [-0.05, 0) is 19.4 Å². The summed E-state index contributed by atoms with van der Waals surface area (Å²) in [4.78, 5) is 4.25. The molecule has 1 rings (SSSR count). The maximum Gasteiger partial charge on any atom is 0.0655 e. The monoisotopic (exact) mass is 219 g/mol. The highest BCUT2D eigenvalue weighted by atomic mass is 14.7. The van der Waals surface area contributed by atoms with Gasteiger partial charge in [0, 0.05) is 7.64 Å². The molecule has 0 aliphatic rings. The second-order valence-electron chi connectivity index (χ2n) is 3.43. The van der Waals surface area contributed by atoms with Gasteiger partial charge in [0.1, 0.15) is 0 Å². The van der Waals surface area contributed by atoms with Gasteiger partial charge in [0.2, 0.25) is 0 Å². The van der Waals surface area contributed by atoms with Crippen LogP contribution in [0.25, 0.3) is 5.70 Å². The summed E-state index contributed by atoms with van der Waals surface area (Å²) in [5, 5.41) is 0. The number of rotatable bonds is 3. The van der Waals surface area contributed by atoms with Gasteiger partial charge in [0.05, 0.1) is 5.70 Å². The number of hydrogen-bond acceptors (Lipinski definition) is 1. The summed E-state index contributed by atoms with van der Waals surface area (Å²) < 4.78 is 0. The first kappa shape index (κ1) is 14.6. The van der Waals surface area contributed by atoms with Crippen LogP contribution in [0.1, 0.15) is 47.5 Å². The summed E-state index contributed by atoms with van der Waals surface area (Å²) in [5.41, 5.74) is 2.19. The Labute approximate surface area is 101 Å². The van der Waals surface area contributed by atoms with Crippen LogP contribution in [0.3, 0.4) is 0 Å². The number of hydrogen-bond donors (Lipinski definition) is 0. The van der Waals surface area contributed by atoms with Crippen LogP contribution in [0.15, 0.2) is 41.4 Å². The molecule has 16 heavy (non-hydrogen) atoms. The van der Waals surface area contributed by atoms with E-state index in [4.69, 9.17) is 0 Å². The minimum atomic E-state index is 0. The van der Waals surface area contributed by atoms with Gasteiger partial charge in [-0.3, -0.25) is 4.99 Å². The van der Waals surface area contributed by atoms with Gasteiger partial charge >= 0.3 is 0 Å². The summed E-state index contributed by atoms with van der Waals surface area (Å²) in [5.74, 6) is 0. The van der Waals surface area contributed by atoms with Gasteiger partial charge < -0.3 is 0 Å². The average molecular weight is 219 g/mol. The predicted octanol–water partition coefficient (Wildman–Crippen LogP) is 5.19. The summed E-state index contributed by atoms with van der Waals surface area (Å²) in [6.07, 6.45) is 6.46. The van der Waals surface area contributed by atoms with Gasteiger partial charge in [0.15, 0.2) is 0 Å². The first-order valence-electron chi connectivity index (χ1n) is 6.00. The lowest BCUT2D eigenvalue weighted by atomic mass is 10.1. The fraction of sp³-hybridized carbons (Fsp3) is 0.400. The van der Waals surface area contributed by atoms with Crippen LogP contribution in [-0.2, 0) is 0 Å². The van der Waals surface area contributed by atoms with Crippen molar-refractivity contribution >= 4 is 11.9 Å². The quantitative estimate of drug-likeness (QED) is 0.620. The van der Waals surface area contributed by atoms with E-state index in [1.807, 2.05) is 44.3 Å². The van der Waals surface area contributed by atoms with Gasteiger partial charge in [-0.15, -0.1) is 0 Å². The maximum absolute atomic E-state index is 4.25. The third kappa shape index (κ3) is 6.18. The van der Waals surface area contributed by atoms with Crippen LogP contribution in [0.2, 0.25) is 0 Å². The molecule has 90 valence electrons. The van der Waals surface area contributed by atoms with Crippen LogP contribution < -0.4 is 0 Å². The summed E-state index contributed by atoms with van der Waals surface area (Å²) >= 11 is 0. The average Bonchev–Trinajstić information content (AvgIpc) is 2.37. The summed E-state index contributed by atoms with van der Waals surface area (Å²) in [6.45, 7) is 8.28. The number of aliphatic imine (C=N–C) groups is 1. The van der Waals surface area contributed by atoms with E-state index in [1.165, 1.54) is 12.8 Å². The predicted molar refractivity (Wildman–Crippen MR) is 77.0 cm³/mol. The molecular formula is C15H25N. The van der Waals surface area contributed by atoms with Crippen molar-refractivity contribution in [3.8, 4) is 0 Å². The number of unbranched alkanes of at least 4 members (excludes halogenated alkanes) is 1. The Morgan fingerprint density at radius 2 is 1.69 bits per heavy atom. The standard InChI is InChI=1S/C11H13N.C4H10.H2/c1-3-11(12-4-2)10-8-6-5-7-9-10;1-3-4-2;/h3-9H,1-2H3;3-4H2,1-2H3;1H/b11-3-,12-4?;;. The first-order valence-corrected chi connectivity index (χ1v) is 6.00. The molecule has 0 aliphatic heterocycles. The van der Waals surface area contributed by atoms with Crippen LogP contribution in [0.4, 0.5) is 0 Å². The van der Waals surface area contributed by atoms with Crippen molar-refractivity contribution in [2.45, 2.75) is 40.5 Å². The van der Waals surface area contributed by atoms with Crippen molar-refractivity contribution in [2.24, 2.45) is 4.99 Å². The Balaban J connectivity index is 0. The van der Waals surface area contributed by atoms with Gasteiger partial charge in [-0.25, -0.2) is 0 Å². The maximum atomic E-state index is 4.25. The molecule has 0 bridgehead atoms. The van der Waals surface area contributed by atoms with E-state index in [1.54, 1.807) is 0 Å². The normalized spacial score (nSPS) is 11.1. The highest BCUT2D eigenvalue weighted by Crippen LogP contribution is 2.13. The summed E-state index contributed by atoms with van der Waals surface area (Å²) in [6, 6.07) is 10.2. The minimum Gasteiger partial charge on any atom is -0.261 e. The molecule has 0 spiro atoms. The van der Waals surface area contributed by atoms with Crippen LogP contribution in [0, 0.1) is 0 Å². The van der Waals surface area contributed by atoms with Crippen molar-refractivity contribution in [3.63, 3.8) is 0 Å². The third-order valence-electron chi connectivity index (χ3n) is 2.11. The van der Waals surface area contributed by atoms with E-state index in [-0.39, 0.29) is 1.43 Å². The Morgan fingerprint density at radius 3 is 2.06 bits per heavy atom. The molecule has 0 unspecified atom stereocenters. The molecule has 0 radical (unpaired) electrons. The zero-order chi connectivity index (χ0) is 12.2. The molecule has 0 heterocycles. The molecule has 1 aromatic carbocycles. The highest BCUT2D eigenvalue weighted by molar-refractivity contribution is 5.72. The first-order chi connectivity index (χ1) is 7.79. The van der Waals surface area contributed by atoms with E-state index in [9.17, 15) is 0 Å². The smallest absolute Gasteiger partial charge is 0.0655 e. The molecule has 0 N–H and O–H groups in total. The Kier molecular flexibility index (Phi) is 9.29. The van der Waals surface area contributed by atoms with E-state index < -0.39 is 0 Å². The molecule has 1 nitrogen and oxygen atoms in total. The SMILES string of the molecule is CC=N/C(=C\C)c1ccccc1.CCCC.[HH]. The zero-order valence-corrected chi connectivity index (χ0v) is 10.9. The van der Waals surface area contributed by atoms with Crippen LogP contribution in [0.5, 0.6) is 0 Å². The second-order valence-corrected chi connectivity index (χ2v) is 3.43. The topological polar surface area (TPSA) is 12.4 Å². The molecule has 0 aliphatic carbocycles. The zero-order valence-electron chi connectivity index (χ0n) is 10.9. The van der Waals surface area contributed by atoms with Gasteiger partial charge in [-0.1, -0.05) is 63.1 Å². The molecule has 0 saturated carbocycles. The Bertz CT molecular complexity index is 313. The Morgan fingerprint density at radius 1 is 1.12 bits per heavy atom. The molecular weight excluding hydrogens is 194 g/mol. The molecule has 1 aromatic rings. The second kappa shape index (κ2) is 10.2. The van der Waals surface area contributed by atoms with E-state index in [0.717, 1.165) is 11.3 Å². The number of nitrogens with zero attached hydrogens (tertiary/aromatic N) is 1. The number of benzene rings is 1. The van der Waals surface area contributed by atoms with E-state index >= 15 is 0 Å². The van der Waals surface area contributed by atoms with E-state index in [2.05, 4.69) is 31.0 Å². The van der Waals surface area contributed by atoms with Crippen molar-refractivity contribution in [2.75, 3.05) is 0 Å². The molecule has 0 fully saturated rings. The molecule has 0 aromatic heterocycles. The van der Waals surface area contributed by atoms with E-state index in [0.29, 0.717) is 0 Å². The van der Waals surface area contributed by atoms with Crippen molar-refractivity contribution in [3.05, 3.63) is 42.0 Å². The lowest BCUT2D eigenvalue weighted by Gasteiger charge is -1.98. The van der Waals surface area contributed by atoms with Crippen LogP contribution >= 0.6 is 0 Å². The lowest BCUT2D eigenvalue weighted by molar-refractivity contribution is 0.886. The van der Waals surface area contributed by atoms with Gasteiger partial charge in [0.25, 0.3) is 0 Å². The molecule has 1 heteroatoms. The largest absolute Gasteiger partial charge is 0.261 e. The Hall–Kier alpha value is -1.37. The third-order valence-corrected chi connectivity index (χ3v) is 2.11. The lowest BCUT2D eigenvalue weighted by Crippen LogP contribution is -1.79. The molecule has 0 saturated heterocycles. The van der Waals surface area contributed by atoms with Crippen molar-refractivity contribution < 1.29 is 1.43 Å². The molecule has 0 atom stereocenters. The summed E-state index contributed by atoms with van der Waals surface area (Å²) in [7, 11) is 0. The highest BCUT2D eigenvalue weighted by Gasteiger charge is 1.93. The van der Waals surface area contributed by atoms with Crippen molar-refractivity contribution in [1.29, 1.82) is 0 Å². The molecule has 0 amide bonds. The van der Waals surface area contributed by atoms with Gasteiger partial charge in [-0.2, -0.15) is 0 Å².